The minimum Gasteiger partial charge on any atom is -0.506 e. The number of benzene rings is 8. The molecule has 208 valence electrons. The summed E-state index contributed by atoms with van der Waals surface area (Å²) in [4.78, 5) is 28.6. The smallest absolute Gasteiger partial charge is 0.201 e. The summed E-state index contributed by atoms with van der Waals surface area (Å²) in [6, 6.07) is 0. The average Bonchev–Trinajstić information content (AvgIpc) is 2.95. The van der Waals surface area contributed by atoms with E-state index in [1.807, 2.05) is 0 Å². The number of halogens is 4. The monoisotopic (exact) mass is 816 g/mol. The quantitative estimate of drug-likeness (QED) is 0.0662. The van der Waals surface area contributed by atoms with Crippen molar-refractivity contribution in [3.05, 3.63) is 49.5 Å². The minimum absolute atomic E-state index is 0.0503. The molecule has 0 aliphatic heterocycles. The maximum absolute atomic E-state index is 14.3. The Hall–Kier alpha value is -3.32. The molecule has 0 atom stereocenters. The summed E-state index contributed by atoms with van der Waals surface area (Å²) in [6.45, 7) is 3.47. The zero-order valence-corrected chi connectivity index (χ0v) is 27.4. The first-order chi connectivity index (χ1) is 19.7. The molecule has 8 rings (SSSR count). The molecule has 0 fully saturated rings. The molecule has 12 heteroatoms. The molecular weight excluding hydrogens is 808 g/mol. The molecule has 0 saturated heterocycles. The van der Waals surface area contributed by atoms with Gasteiger partial charge in [-0.3, -0.25) is 9.59 Å². The van der Waals surface area contributed by atoms with Crippen molar-refractivity contribution in [3.8, 4) is 34.5 Å². The molecule has 0 radical (unpaired) electrons. The van der Waals surface area contributed by atoms with Gasteiger partial charge >= 0.3 is 0 Å². The first-order valence-electron chi connectivity index (χ1n) is 12.3. The number of aromatic hydroxyl groups is 6. The van der Waals surface area contributed by atoms with E-state index in [4.69, 9.17) is 0 Å². The van der Waals surface area contributed by atoms with Crippen LogP contribution in [0.5, 0.6) is 34.5 Å². The van der Waals surface area contributed by atoms with Crippen LogP contribution in [0, 0.1) is 13.8 Å². The molecule has 0 amide bonds. The van der Waals surface area contributed by atoms with Crippen molar-refractivity contribution >= 4 is 139 Å². The Morgan fingerprint density at radius 1 is 0.333 bits per heavy atom. The molecule has 0 saturated carbocycles. The normalized spacial score (nSPS) is 12.8. The Bertz CT molecular complexity index is 2370. The van der Waals surface area contributed by atoms with E-state index in [9.17, 15) is 40.2 Å². The molecule has 0 spiro atoms. The van der Waals surface area contributed by atoms with Crippen LogP contribution in [0.2, 0.25) is 0 Å². The number of fused-ring (bicyclic) bond motifs is 2. The van der Waals surface area contributed by atoms with Crippen molar-refractivity contribution in [2.45, 2.75) is 13.8 Å². The highest BCUT2D eigenvalue weighted by molar-refractivity contribution is 9.11. The van der Waals surface area contributed by atoms with Crippen LogP contribution in [0.25, 0.3) is 75.4 Å². The second-order valence-corrected chi connectivity index (χ2v) is 13.7. The zero-order chi connectivity index (χ0) is 30.2. The summed E-state index contributed by atoms with van der Waals surface area (Å²) in [5.41, 5.74) is -0.380. The maximum atomic E-state index is 14.3. The van der Waals surface area contributed by atoms with Crippen LogP contribution >= 0.6 is 63.7 Å². The molecule has 8 aromatic rings. The molecule has 0 aliphatic rings. The molecule has 8 nitrogen and oxygen atoms in total. The van der Waals surface area contributed by atoms with E-state index in [2.05, 4.69) is 63.7 Å². The standard InChI is InChI=1S/C30H12Br4O8/c1-3-5-6-4(2)20(32)28(40)16-8(6)10-9-7(5)15(27(39)19(3)31)23(35)17-11(9)13(25(37)21(33)29(17)41)14-12(10)18(24(16)36)30(42)22(34)26(14)38/h37-42H,1-2H3. The number of hydrogen-bond donors (Lipinski definition) is 6. The lowest BCUT2D eigenvalue weighted by Crippen LogP contribution is -2.11. The van der Waals surface area contributed by atoms with Gasteiger partial charge in [0.25, 0.3) is 0 Å². The molecule has 0 heterocycles. The highest BCUT2D eigenvalue weighted by atomic mass is 79.9. The van der Waals surface area contributed by atoms with E-state index in [1.165, 1.54) is 0 Å². The van der Waals surface area contributed by atoms with Gasteiger partial charge in [0.05, 0.1) is 30.5 Å². The van der Waals surface area contributed by atoms with Gasteiger partial charge in [0.2, 0.25) is 10.9 Å². The van der Waals surface area contributed by atoms with Gasteiger partial charge in [-0.15, -0.1) is 0 Å². The molecule has 0 aromatic heterocycles. The van der Waals surface area contributed by atoms with Gasteiger partial charge in [-0.2, -0.15) is 0 Å². The molecular formula is C30H12Br4O8. The van der Waals surface area contributed by atoms with Gasteiger partial charge in [-0.25, -0.2) is 0 Å². The lowest BCUT2D eigenvalue weighted by Gasteiger charge is -2.26. The Morgan fingerprint density at radius 2 is 0.548 bits per heavy atom. The summed E-state index contributed by atoms with van der Waals surface area (Å²) in [7, 11) is 0. The van der Waals surface area contributed by atoms with E-state index in [-0.39, 0.29) is 72.5 Å². The minimum atomic E-state index is -0.727. The fourth-order valence-electron chi connectivity index (χ4n) is 7.04. The van der Waals surface area contributed by atoms with Gasteiger partial charge in [-0.1, -0.05) is 0 Å². The molecule has 8 aromatic carbocycles. The fourth-order valence-corrected chi connectivity index (χ4v) is 8.62. The molecule has 6 N–H and O–H groups in total. The van der Waals surface area contributed by atoms with Crippen molar-refractivity contribution in [1.82, 2.24) is 0 Å². The summed E-state index contributed by atoms with van der Waals surface area (Å²) >= 11 is 13.2. The number of phenolic OH excluding ortho intramolecular Hbond substituents is 6. The second-order valence-electron chi connectivity index (χ2n) is 10.5. The predicted molar refractivity (Wildman–Crippen MR) is 177 cm³/mol. The Labute approximate surface area is 265 Å². The van der Waals surface area contributed by atoms with Gasteiger partial charge in [0.1, 0.15) is 43.4 Å². The van der Waals surface area contributed by atoms with E-state index in [0.29, 0.717) is 43.4 Å². The molecule has 42 heavy (non-hydrogen) atoms. The third kappa shape index (κ3) is 2.50. The lowest BCUT2D eigenvalue weighted by molar-refractivity contribution is 0.449. The van der Waals surface area contributed by atoms with Crippen LogP contribution in [-0.4, -0.2) is 30.6 Å². The van der Waals surface area contributed by atoms with E-state index >= 15 is 0 Å². The summed E-state index contributed by atoms with van der Waals surface area (Å²) in [6.07, 6.45) is 0. The fraction of sp³-hybridized carbons (Fsp3) is 0.0667. The van der Waals surface area contributed by atoms with E-state index in [0.717, 1.165) is 0 Å². The van der Waals surface area contributed by atoms with Gasteiger partial charge in [-0.05, 0) is 99.5 Å². The highest BCUT2D eigenvalue weighted by Crippen LogP contribution is 2.60. The topological polar surface area (TPSA) is 156 Å². The molecule has 0 unspecified atom stereocenters. The summed E-state index contributed by atoms with van der Waals surface area (Å²) < 4.78 is -0.0240. The third-order valence-electron chi connectivity index (χ3n) is 8.73. The highest BCUT2D eigenvalue weighted by Gasteiger charge is 2.36. The largest absolute Gasteiger partial charge is 0.506 e. The number of hydrogen-bond acceptors (Lipinski definition) is 8. The van der Waals surface area contributed by atoms with Crippen LogP contribution in [0.1, 0.15) is 11.1 Å². The van der Waals surface area contributed by atoms with Crippen molar-refractivity contribution in [2.24, 2.45) is 0 Å². The predicted octanol–water partition coefficient (Wildman–Crippen LogP) is 8.13. The zero-order valence-electron chi connectivity index (χ0n) is 21.0. The lowest BCUT2D eigenvalue weighted by atomic mass is 9.78. The Kier molecular flexibility index (Phi) is 4.88. The van der Waals surface area contributed by atoms with Crippen LogP contribution in [-0.2, 0) is 0 Å². The third-order valence-corrected chi connectivity index (χ3v) is 12.2. The second kappa shape index (κ2) is 7.79. The van der Waals surface area contributed by atoms with Crippen molar-refractivity contribution in [1.29, 1.82) is 0 Å². The van der Waals surface area contributed by atoms with Crippen LogP contribution in [0.15, 0.2) is 27.5 Å². The van der Waals surface area contributed by atoms with Crippen molar-refractivity contribution in [2.75, 3.05) is 0 Å². The van der Waals surface area contributed by atoms with Gasteiger partial charge < -0.3 is 30.6 Å². The van der Waals surface area contributed by atoms with Crippen LogP contribution in [0.4, 0.5) is 0 Å². The molecule has 0 aliphatic carbocycles. The van der Waals surface area contributed by atoms with Crippen molar-refractivity contribution < 1.29 is 30.6 Å². The van der Waals surface area contributed by atoms with E-state index in [1.54, 1.807) is 13.8 Å². The summed E-state index contributed by atoms with van der Waals surface area (Å²) in [5.74, 6) is -2.91. The Morgan fingerprint density at radius 3 is 0.857 bits per heavy atom. The summed E-state index contributed by atoms with van der Waals surface area (Å²) in [5, 5.41) is 69.8. The average molecular weight is 820 g/mol. The first kappa shape index (κ1) is 26.3. The SMILES string of the molecule is Cc1c(Br)c(O)c2c(=O)c3c(O)c(Br)c(O)c4c5c(O)c(Br)c(O)c6c(=O)c7c(O)c(Br)c(C)c8c1c2c(c34)c(c78)c65. The van der Waals surface area contributed by atoms with Crippen LogP contribution in [0.3, 0.4) is 0 Å². The Balaban J connectivity index is 2.06. The van der Waals surface area contributed by atoms with Gasteiger partial charge in [0.15, 0.2) is 0 Å². The first-order valence-corrected chi connectivity index (χ1v) is 15.4. The molecule has 0 bridgehead atoms. The number of rotatable bonds is 0. The number of phenols is 6. The van der Waals surface area contributed by atoms with Gasteiger partial charge in [0, 0.05) is 43.1 Å². The maximum Gasteiger partial charge on any atom is 0.201 e. The van der Waals surface area contributed by atoms with Crippen LogP contribution < -0.4 is 10.9 Å². The van der Waals surface area contributed by atoms with Crippen molar-refractivity contribution in [3.63, 3.8) is 0 Å². The number of aryl methyl sites for hydroxylation is 2. The van der Waals surface area contributed by atoms with E-state index < -0.39 is 33.9 Å².